The van der Waals surface area contributed by atoms with Gasteiger partial charge in [-0.2, -0.15) is 0 Å². The molecule has 0 spiro atoms. The van der Waals surface area contributed by atoms with E-state index in [1.54, 1.807) is 0 Å². The fraction of sp³-hybridized carbons (Fsp3) is 1.00. The van der Waals surface area contributed by atoms with Gasteiger partial charge in [0.1, 0.15) is 0 Å². The molecule has 3 heteroatoms. The topological polar surface area (TPSA) is 46.1 Å². The Labute approximate surface area is 136 Å². The standard InChI is InChI=1S/2C8H17O.Ti/c2*1-3-5-6-8(4-2)7-9;/h2*8H,3-7H2,1-2H3;/q2*-1;+2. The van der Waals surface area contributed by atoms with Crippen molar-refractivity contribution in [3.63, 3.8) is 0 Å². The molecule has 0 heterocycles. The summed E-state index contributed by atoms with van der Waals surface area (Å²) in [6.07, 6.45) is 9.27. The molecule has 19 heavy (non-hydrogen) atoms. The first-order valence-electron chi connectivity index (χ1n) is 7.86. The van der Waals surface area contributed by atoms with E-state index >= 15 is 0 Å². The van der Waals surface area contributed by atoms with Crippen LogP contribution in [0.25, 0.3) is 0 Å². The van der Waals surface area contributed by atoms with Crippen molar-refractivity contribution in [2.75, 3.05) is 13.2 Å². The first-order chi connectivity index (χ1) is 8.69. The molecule has 0 aromatic heterocycles. The number of hydrogen-bond donors (Lipinski definition) is 0. The fourth-order valence-electron chi connectivity index (χ4n) is 1.80. The minimum absolute atomic E-state index is 0. The van der Waals surface area contributed by atoms with Gasteiger partial charge in [0.15, 0.2) is 0 Å². The Bertz CT molecular complexity index is 119. The maximum Gasteiger partial charge on any atom is 2.00 e. The molecule has 2 nitrogen and oxygen atoms in total. The number of hydrogen-bond acceptors (Lipinski definition) is 2. The second kappa shape index (κ2) is 20.9. The molecule has 0 N–H and O–H groups in total. The van der Waals surface area contributed by atoms with Crippen LogP contribution in [-0.2, 0) is 21.7 Å². The minimum Gasteiger partial charge on any atom is -0.854 e. The SMILES string of the molecule is CCCCC(CC)C[O-].CCCCC(CC)C[O-].[Ti+2]. The Balaban J connectivity index is -0.000000256. The molecule has 0 aliphatic carbocycles. The van der Waals surface area contributed by atoms with Crippen LogP contribution in [0, 0.1) is 11.8 Å². The van der Waals surface area contributed by atoms with Crippen LogP contribution in [0.1, 0.15) is 79.1 Å². The number of unbranched alkanes of at least 4 members (excludes halogenated alkanes) is 2. The van der Waals surface area contributed by atoms with Gasteiger partial charge in [0.2, 0.25) is 0 Å². The molecular weight excluding hydrogens is 272 g/mol. The van der Waals surface area contributed by atoms with Crippen molar-refractivity contribution in [1.29, 1.82) is 0 Å². The van der Waals surface area contributed by atoms with E-state index in [9.17, 15) is 10.2 Å². The summed E-state index contributed by atoms with van der Waals surface area (Å²) in [4.78, 5) is 0. The predicted octanol–water partition coefficient (Wildman–Crippen LogP) is 3.12. The first-order valence-corrected chi connectivity index (χ1v) is 7.86. The molecule has 0 bridgehead atoms. The van der Waals surface area contributed by atoms with E-state index in [0.717, 1.165) is 25.7 Å². The predicted molar refractivity (Wildman–Crippen MR) is 76.3 cm³/mol. The van der Waals surface area contributed by atoms with Crippen molar-refractivity contribution in [3.8, 4) is 0 Å². The molecule has 0 radical (unpaired) electrons. The summed E-state index contributed by atoms with van der Waals surface area (Å²) in [5, 5.41) is 20.7. The fourth-order valence-corrected chi connectivity index (χ4v) is 1.80. The maximum absolute atomic E-state index is 10.4. The van der Waals surface area contributed by atoms with Crippen LogP contribution in [0.4, 0.5) is 0 Å². The van der Waals surface area contributed by atoms with E-state index in [1.807, 2.05) is 0 Å². The van der Waals surface area contributed by atoms with Gasteiger partial charge in [-0.3, -0.25) is 0 Å². The summed E-state index contributed by atoms with van der Waals surface area (Å²) >= 11 is 0. The zero-order chi connectivity index (χ0) is 14.2. The van der Waals surface area contributed by atoms with Gasteiger partial charge in [-0.1, -0.05) is 90.9 Å². The summed E-state index contributed by atoms with van der Waals surface area (Å²) in [6, 6.07) is 0. The van der Waals surface area contributed by atoms with Crippen LogP contribution in [-0.4, -0.2) is 13.2 Å². The van der Waals surface area contributed by atoms with Crippen LogP contribution >= 0.6 is 0 Å². The Kier molecular flexibility index (Phi) is 27.2. The Morgan fingerprint density at radius 2 is 1.00 bits per heavy atom. The molecule has 2 atom stereocenters. The van der Waals surface area contributed by atoms with Crippen LogP contribution in [0.5, 0.6) is 0 Å². The third kappa shape index (κ3) is 18.6. The van der Waals surface area contributed by atoms with E-state index in [0.29, 0.717) is 11.8 Å². The second-order valence-corrected chi connectivity index (χ2v) is 5.17. The van der Waals surface area contributed by atoms with Crippen LogP contribution < -0.4 is 10.2 Å². The largest absolute Gasteiger partial charge is 2.00 e. The molecule has 0 rings (SSSR count). The summed E-state index contributed by atoms with van der Waals surface area (Å²) in [5.74, 6) is 0.898. The van der Waals surface area contributed by atoms with Crippen molar-refractivity contribution in [3.05, 3.63) is 0 Å². The quantitative estimate of drug-likeness (QED) is 0.582. The molecule has 0 aliphatic heterocycles. The molecule has 0 saturated heterocycles. The first kappa shape index (κ1) is 24.6. The summed E-state index contributed by atoms with van der Waals surface area (Å²) in [7, 11) is 0. The van der Waals surface area contributed by atoms with Gasteiger partial charge >= 0.3 is 21.7 Å². The average molecular weight is 306 g/mol. The van der Waals surface area contributed by atoms with Crippen molar-refractivity contribution < 1.29 is 31.9 Å². The van der Waals surface area contributed by atoms with Gasteiger partial charge in [0.25, 0.3) is 0 Å². The second-order valence-electron chi connectivity index (χ2n) is 5.17. The molecule has 2 unspecified atom stereocenters. The van der Waals surface area contributed by atoms with Crippen molar-refractivity contribution >= 4 is 0 Å². The number of rotatable bonds is 10. The Hall–Kier alpha value is 0.634. The molecular formula is C16H34O2Ti. The molecule has 0 fully saturated rings. The zero-order valence-corrected chi connectivity index (χ0v) is 15.1. The third-order valence-corrected chi connectivity index (χ3v) is 3.56. The van der Waals surface area contributed by atoms with Crippen molar-refractivity contribution in [1.82, 2.24) is 0 Å². The van der Waals surface area contributed by atoms with Gasteiger partial charge in [-0.25, -0.2) is 0 Å². The van der Waals surface area contributed by atoms with Gasteiger partial charge in [-0.15, -0.1) is 13.2 Å². The summed E-state index contributed by atoms with van der Waals surface area (Å²) in [5.41, 5.74) is 0. The van der Waals surface area contributed by atoms with E-state index in [4.69, 9.17) is 0 Å². The Morgan fingerprint density at radius 1 is 0.684 bits per heavy atom. The van der Waals surface area contributed by atoms with E-state index < -0.39 is 0 Å². The molecule has 0 amide bonds. The van der Waals surface area contributed by atoms with E-state index in [2.05, 4.69) is 27.7 Å². The zero-order valence-electron chi connectivity index (χ0n) is 13.5. The van der Waals surface area contributed by atoms with Gasteiger partial charge in [-0.05, 0) is 0 Å². The average Bonchev–Trinajstić information content (AvgIpc) is 2.42. The van der Waals surface area contributed by atoms with Gasteiger partial charge in [0.05, 0.1) is 0 Å². The van der Waals surface area contributed by atoms with Crippen molar-refractivity contribution in [2.24, 2.45) is 11.8 Å². The van der Waals surface area contributed by atoms with Crippen LogP contribution in [0.2, 0.25) is 0 Å². The van der Waals surface area contributed by atoms with Gasteiger partial charge in [0, 0.05) is 0 Å². The maximum atomic E-state index is 10.4. The normalized spacial score (nSPS) is 12.9. The molecule has 0 aromatic rings. The molecule has 0 aromatic carbocycles. The Morgan fingerprint density at radius 3 is 1.16 bits per heavy atom. The van der Waals surface area contributed by atoms with Gasteiger partial charge < -0.3 is 10.2 Å². The van der Waals surface area contributed by atoms with E-state index in [-0.39, 0.29) is 34.9 Å². The minimum atomic E-state index is 0. The van der Waals surface area contributed by atoms with Crippen molar-refractivity contribution in [2.45, 2.75) is 79.1 Å². The summed E-state index contributed by atoms with van der Waals surface area (Å²) < 4.78 is 0. The van der Waals surface area contributed by atoms with Crippen LogP contribution in [0.3, 0.4) is 0 Å². The molecule has 114 valence electrons. The molecule has 0 aliphatic rings. The van der Waals surface area contributed by atoms with Crippen LogP contribution in [0.15, 0.2) is 0 Å². The summed E-state index contributed by atoms with van der Waals surface area (Å²) in [6.45, 7) is 8.76. The van der Waals surface area contributed by atoms with E-state index in [1.165, 1.54) is 25.7 Å². The smallest absolute Gasteiger partial charge is 0.854 e. The molecule has 0 saturated carbocycles. The monoisotopic (exact) mass is 306 g/mol. The third-order valence-electron chi connectivity index (χ3n) is 3.56.